The van der Waals surface area contributed by atoms with Gasteiger partial charge in [0, 0.05) is 116 Å². The van der Waals surface area contributed by atoms with Gasteiger partial charge in [-0.3, -0.25) is 29.3 Å². The first-order valence-corrected chi connectivity index (χ1v) is 26.7. The fourth-order valence-electron chi connectivity index (χ4n) is 10.4. The van der Waals surface area contributed by atoms with E-state index in [-0.39, 0.29) is 54.9 Å². The number of carbonyl (C=O) groups is 2. The zero-order chi connectivity index (χ0) is 49.3. The van der Waals surface area contributed by atoms with Crippen molar-refractivity contribution in [3.63, 3.8) is 0 Å². The zero-order valence-corrected chi connectivity index (χ0v) is 42.1. The summed E-state index contributed by atoms with van der Waals surface area (Å²) < 4.78 is 43.1. The van der Waals surface area contributed by atoms with E-state index in [1.54, 1.807) is 30.5 Å². The molecule has 5 heterocycles. The van der Waals surface area contributed by atoms with Crippen molar-refractivity contribution in [2.24, 2.45) is 5.73 Å². The number of fused-ring (bicyclic) bond motifs is 3. The molecule has 4 N–H and O–H groups in total. The first kappa shape index (κ1) is 50.3. The molecule has 0 radical (unpaired) electrons. The van der Waals surface area contributed by atoms with Gasteiger partial charge in [-0.25, -0.2) is 8.42 Å². The number of nitrogens with two attached hydrogens (primary N) is 1. The van der Waals surface area contributed by atoms with E-state index in [1.165, 1.54) is 46.4 Å². The summed E-state index contributed by atoms with van der Waals surface area (Å²) >= 11 is 0. The maximum atomic E-state index is 14.8. The number of pyridine rings is 1. The van der Waals surface area contributed by atoms with Crippen LogP contribution in [0, 0.1) is 0 Å². The number of hydrogen-bond donors (Lipinski definition) is 3. The molecule has 2 fully saturated rings. The number of hydrogen-bond acceptors (Lipinski definition) is 13. The van der Waals surface area contributed by atoms with Crippen LogP contribution in [0.15, 0.2) is 102 Å². The van der Waals surface area contributed by atoms with Crippen molar-refractivity contribution in [3.05, 3.63) is 125 Å². The van der Waals surface area contributed by atoms with Gasteiger partial charge in [-0.2, -0.15) is 4.31 Å². The number of carbonyl (C=O) groups excluding carboxylic acids is 2. The third kappa shape index (κ3) is 12.7. The molecule has 0 saturated carbocycles. The second kappa shape index (κ2) is 23.3. The van der Waals surface area contributed by atoms with Crippen molar-refractivity contribution in [2.45, 2.75) is 62.3 Å². The van der Waals surface area contributed by atoms with Gasteiger partial charge in [0.2, 0.25) is 10.0 Å². The maximum Gasteiger partial charge on any atom is 0.257 e. The molecule has 1 aromatic heterocycles. The highest BCUT2D eigenvalue weighted by Crippen LogP contribution is 2.37. The minimum absolute atomic E-state index is 0.00802. The second-order valence-corrected chi connectivity index (χ2v) is 21.7. The average molecular weight is 987 g/mol. The minimum Gasteiger partial charge on any atom is -0.482 e. The number of amides is 2. The van der Waals surface area contributed by atoms with E-state index in [9.17, 15) is 18.0 Å². The minimum atomic E-state index is -4.20. The number of piperazine rings is 1. The third-order valence-corrected chi connectivity index (χ3v) is 16.3. The number of ether oxygens (including phenoxy) is 2. The highest BCUT2D eigenvalue weighted by molar-refractivity contribution is 7.89. The first-order chi connectivity index (χ1) is 34.5. The fourth-order valence-corrected chi connectivity index (χ4v) is 11.9. The summed E-state index contributed by atoms with van der Waals surface area (Å²) in [6.45, 7) is 10.3. The Morgan fingerprint density at radius 3 is 1.99 bits per heavy atom. The monoisotopic (exact) mass is 987 g/mol. The van der Waals surface area contributed by atoms with Crippen molar-refractivity contribution in [2.75, 3.05) is 111 Å². The maximum absolute atomic E-state index is 14.8. The molecule has 4 aliphatic heterocycles. The number of anilines is 1. The van der Waals surface area contributed by atoms with E-state index in [0.717, 1.165) is 77.1 Å². The van der Waals surface area contributed by atoms with E-state index in [1.807, 2.05) is 25.2 Å². The van der Waals surface area contributed by atoms with Crippen LogP contribution in [-0.2, 0) is 52.1 Å². The Kier molecular flexibility index (Phi) is 16.5. The van der Waals surface area contributed by atoms with Crippen LogP contribution in [0.1, 0.15) is 40.7 Å². The standard InChI is InChI=1S/C54H70N10O6S/c1-59-25-27-64(28-26-59)48-16-10-18-50(70-39-51(65)56-31-46(55)36-61-23-19-41-11-3-5-13-44(41)34-61)54(48)71(67,68)60(2)33-40-29-43-15-9-17-49(53(43)58-30-40)69-38-52(66)57-32-47(63-21-7-8-22-63)37-62-24-20-42-12-4-6-14-45(42)35-62/h3-6,9-18,29-30,46-47H,7-8,19-28,31-39,55H2,1-2H3,(H,56,65)(H,57,66)/t46-,47?/m1/s1. The molecule has 0 aliphatic carbocycles. The molecular formula is C54H70N10O6S. The topological polar surface area (TPSA) is 169 Å². The van der Waals surface area contributed by atoms with Crippen molar-refractivity contribution >= 4 is 38.4 Å². The zero-order valence-electron chi connectivity index (χ0n) is 41.3. The molecule has 9 rings (SSSR count). The van der Waals surface area contributed by atoms with Crippen LogP contribution < -0.4 is 30.7 Å². The molecule has 71 heavy (non-hydrogen) atoms. The molecule has 4 aliphatic rings. The van der Waals surface area contributed by atoms with Crippen molar-refractivity contribution in [1.82, 2.24) is 39.5 Å². The summed E-state index contributed by atoms with van der Waals surface area (Å²) in [5.74, 6) is -0.0186. The van der Waals surface area contributed by atoms with Crippen LogP contribution in [0.4, 0.5) is 5.69 Å². The number of benzene rings is 4. The molecule has 378 valence electrons. The highest BCUT2D eigenvalue weighted by Gasteiger charge is 2.33. The van der Waals surface area contributed by atoms with Crippen LogP contribution in [0.3, 0.4) is 0 Å². The summed E-state index contributed by atoms with van der Waals surface area (Å²) in [6, 6.07) is 29.6. The summed E-state index contributed by atoms with van der Waals surface area (Å²) in [6.07, 6.45) is 5.99. The van der Waals surface area contributed by atoms with Gasteiger partial charge in [0.25, 0.3) is 11.8 Å². The number of aromatic nitrogens is 1. The molecule has 1 unspecified atom stereocenters. The summed E-state index contributed by atoms with van der Waals surface area (Å²) in [7, 11) is -0.612. The number of rotatable bonds is 20. The normalized spacial score (nSPS) is 17.9. The van der Waals surface area contributed by atoms with E-state index in [0.29, 0.717) is 48.7 Å². The van der Waals surface area contributed by atoms with E-state index in [4.69, 9.17) is 20.2 Å². The summed E-state index contributed by atoms with van der Waals surface area (Å²) in [5, 5.41) is 6.80. The molecule has 2 atom stereocenters. The van der Waals surface area contributed by atoms with Gasteiger partial charge in [-0.15, -0.1) is 0 Å². The summed E-state index contributed by atoms with van der Waals surface area (Å²) in [4.78, 5) is 42.8. The Morgan fingerprint density at radius 2 is 1.31 bits per heavy atom. The smallest absolute Gasteiger partial charge is 0.257 e. The van der Waals surface area contributed by atoms with Crippen molar-refractivity contribution in [1.29, 1.82) is 0 Å². The Morgan fingerprint density at radius 1 is 0.718 bits per heavy atom. The van der Waals surface area contributed by atoms with E-state index >= 15 is 0 Å². The van der Waals surface area contributed by atoms with Crippen LogP contribution in [-0.4, -0.2) is 167 Å². The quantitative estimate of drug-likeness (QED) is 0.103. The van der Waals surface area contributed by atoms with Crippen LogP contribution in [0.5, 0.6) is 11.5 Å². The SMILES string of the molecule is CN1CCN(c2cccc(OCC(=O)NC[C@@H](N)CN3CCc4ccccc4C3)c2S(=O)(=O)N(C)Cc2cnc3c(OCC(=O)NCC(CN4CCc5ccccc5C4)N4CCCC4)cccc3c2)CC1. The van der Waals surface area contributed by atoms with Gasteiger partial charge in [0.05, 0.1) is 5.69 Å². The Bertz CT molecular complexity index is 2750. The van der Waals surface area contributed by atoms with Crippen molar-refractivity contribution < 1.29 is 27.5 Å². The molecule has 2 amide bonds. The Balaban J connectivity index is 0.817. The summed E-state index contributed by atoms with van der Waals surface area (Å²) in [5.41, 5.74) is 13.7. The van der Waals surface area contributed by atoms with Crippen LogP contribution in [0.25, 0.3) is 10.9 Å². The molecule has 0 spiro atoms. The van der Waals surface area contributed by atoms with Gasteiger partial charge >= 0.3 is 0 Å². The molecule has 17 heteroatoms. The molecular weight excluding hydrogens is 917 g/mol. The molecule has 5 aromatic rings. The first-order valence-electron chi connectivity index (χ1n) is 25.2. The second-order valence-electron chi connectivity index (χ2n) is 19.7. The molecule has 0 bridgehead atoms. The number of likely N-dealkylation sites (N-methyl/N-ethyl adjacent to an activating group) is 1. The largest absolute Gasteiger partial charge is 0.482 e. The molecule has 16 nitrogen and oxygen atoms in total. The van der Waals surface area contributed by atoms with Gasteiger partial charge in [-0.05, 0) is 97.9 Å². The molecule has 2 saturated heterocycles. The van der Waals surface area contributed by atoms with Gasteiger partial charge in [0.1, 0.15) is 21.9 Å². The lowest BCUT2D eigenvalue weighted by molar-refractivity contribution is -0.124. The number of nitrogens with zero attached hydrogens (tertiary/aromatic N) is 7. The fraction of sp³-hybridized carbons (Fsp3) is 0.463. The number of para-hydroxylation sites is 1. The Labute approximate surface area is 419 Å². The van der Waals surface area contributed by atoms with Gasteiger partial charge in [-0.1, -0.05) is 66.7 Å². The van der Waals surface area contributed by atoms with E-state index < -0.39 is 15.9 Å². The average Bonchev–Trinajstić information content (AvgIpc) is 3.93. The number of likely N-dealkylation sites (tertiary alicyclic amines) is 1. The number of sulfonamides is 1. The predicted octanol–water partition coefficient (Wildman–Crippen LogP) is 3.71. The predicted molar refractivity (Wildman–Crippen MR) is 277 cm³/mol. The third-order valence-electron chi connectivity index (χ3n) is 14.5. The van der Waals surface area contributed by atoms with Gasteiger partial charge < -0.3 is 35.6 Å². The van der Waals surface area contributed by atoms with E-state index in [2.05, 4.69) is 83.7 Å². The lowest BCUT2D eigenvalue weighted by Gasteiger charge is -2.35. The Hall–Kier alpha value is -5.66. The molecule has 4 aromatic carbocycles. The van der Waals surface area contributed by atoms with Gasteiger partial charge in [0.15, 0.2) is 13.2 Å². The number of nitrogens with one attached hydrogen (secondary N) is 2. The lowest BCUT2D eigenvalue weighted by Crippen LogP contribution is -2.50. The lowest BCUT2D eigenvalue weighted by atomic mass is 9.99. The van der Waals surface area contributed by atoms with Crippen LogP contribution in [0.2, 0.25) is 0 Å². The van der Waals surface area contributed by atoms with Crippen molar-refractivity contribution in [3.8, 4) is 11.5 Å². The van der Waals surface area contributed by atoms with Crippen LogP contribution >= 0.6 is 0 Å². The highest BCUT2D eigenvalue weighted by atomic mass is 32.2.